The molecule has 2 aliphatic heterocycles. The molecule has 1 unspecified atom stereocenters. The van der Waals surface area contributed by atoms with Crippen LogP contribution in [0.5, 0.6) is 0 Å². The maximum absolute atomic E-state index is 13.6. The number of piperazine rings is 1. The third-order valence-electron chi connectivity index (χ3n) is 6.16. The van der Waals surface area contributed by atoms with Crippen molar-refractivity contribution in [1.29, 1.82) is 0 Å². The van der Waals surface area contributed by atoms with Gasteiger partial charge < -0.3 is 9.80 Å². The van der Waals surface area contributed by atoms with E-state index in [0.717, 1.165) is 62.5 Å². The van der Waals surface area contributed by atoms with Gasteiger partial charge in [-0.25, -0.2) is 14.4 Å². The number of carbonyl (C=O) groups is 1. The number of likely N-dealkylation sites (tertiary alicyclic amines) is 1. The first kappa shape index (κ1) is 20.7. The van der Waals surface area contributed by atoms with Crippen LogP contribution < -0.4 is 4.90 Å². The number of anilines is 1. The number of hydrogen-bond acceptors (Lipinski definition) is 5. The summed E-state index contributed by atoms with van der Waals surface area (Å²) in [7, 11) is 0. The molecule has 3 heterocycles. The molecule has 2 aliphatic rings. The molecule has 1 atom stereocenters. The van der Waals surface area contributed by atoms with Gasteiger partial charge in [-0.1, -0.05) is 25.5 Å². The molecular weight excluding hydrogens is 381 g/mol. The van der Waals surface area contributed by atoms with Crippen molar-refractivity contribution >= 4 is 11.7 Å². The molecule has 2 fully saturated rings. The van der Waals surface area contributed by atoms with Gasteiger partial charge in [-0.15, -0.1) is 0 Å². The Kier molecular flexibility index (Phi) is 6.57. The monoisotopic (exact) mass is 411 g/mol. The molecule has 160 valence electrons. The third-order valence-corrected chi connectivity index (χ3v) is 6.16. The number of nitrogens with zero attached hydrogens (tertiary/aromatic N) is 5. The van der Waals surface area contributed by atoms with E-state index in [9.17, 15) is 9.18 Å². The van der Waals surface area contributed by atoms with Crippen molar-refractivity contribution < 1.29 is 9.18 Å². The number of carbonyl (C=O) groups excluding carboxylic acids is 1. The highest BCUT2D eigenvalue weighted by molar-refractivity contribution is 5.83. The van der Waals surface area contributed by atoms with Crippen LogP contribution in [0.15, 0.2) is 36.7 Å². The summed E-state index contributed by atoms with van der Waals surface area (Å²) in [5.41, 5.74) is 1.91. The van der Waals surface area contributed by atoms with Gasteiger partial charge in [0.25, 0.3) is 0 Å². The predicted octanol–water partition coefficient (Wildman–Crippen LogP) is 3.05. The second-order valence-corrected chi connectivity index (χ2v) is 8.08. The second-order valence-electron chi connectivity index (χ2n) is 8.08. The fourth-order valence-corrected chi connectivity index (χ4v) is 4.41. The summed E-state index contributed by atoms with van der Waals surface area (Å²) in [6.07, 6.45) is 5.91. The van der Waals surface area contributed by atoms with Crippen molar-refractivity contribution in [1.82, 2.24) is 19.8 Å². The zero-order valence-corrected chi connectivity index (χ0v) is 17.6. The molecule has 7 heteroatoms. The number of piperidine rings is 1. The lowest BCUT2D eigenvalue weighted by Gasteiger charge is -2.40. The third kappa shape index (κ3) is 4.61. The molecule has 0 N–H and O–H groups in total. The molecule has 2 saturated heterocycles. The highest BCUT2D eigenvalue weighted by Crippen LogP contribution is 2.28. The van der Waals surface area contributed by atoms with Crippen LogP contribution in [0.1, 0.15) is 43.5 Å². The molecule has 6 nitrogen and oxygen atoms in total. The topological polar surface area (TPSA) is 52.6 Å². The summed E-state index contributed by atoms with van der Waals surface area (Å²) in [5.74, 6) is 0.786. The van der Waals surface area contributed by atoms with Crippen molar-refractivity contribution in [2.24, 2.45) is 0 Å². The van der Waals surface area contributed by atoms with Gasteiger partial charge in [-0.3, -0.25) is 9.69 Å². The number of halogens is 1. The van der Waals surface area contributed by atoms with Crippen LogP contribution in [0.25, 0.3) is 0 Å². The maximum atomic E-state index is 13.6. The van der Waals surface area contributed by atoms with Crippen LogP contribution >= 0.6 is 0 Å². The Morgan fingerprint density at radius 2 is 1.70 bits per heavy atom. The fraction of sp³-hybridized carbons (Fsp3) is 0.522. The smallest absolute Gasteiger partial charge is 0.244 e. The summed E-state index contributed by atoms with van der Waals surface area (Å²) >= 11 is 0. The molecule has 1 aromatic carbocycles. The Labute approximate surface area is 177 Å². The van der Waals surface area contributed by atoms with Crippen molar-refractivity contribution in [3.63, 3.8) is 0 Å². The average molecular weight is 412 g/mol. The number of hydrogen-bond donors (Lipinski definition) is 0. The van der Waals surface area contributed by atoms with Crippen LogP contribution in [-0.4, -0.2) is 64.9 Å². The molecule has 0 aliphatic carbocycles. The summed E-state index contributed by atoms with van der Waals surface area (Å²) in [6, 6.07) is 8.14. The first-order chi connectivity index (χ1) is 14.7. The maximum Gasteiger partial charge on any atom is 0.244 e. The normalized spacial score (nSPS) is 19.0. The van der Waals surface area contributed by atoms with Gasteiger partial charge >= 0.3 is 0 Å². The molecule has 2 aromatic rings. The molecule has 30 heavy (non-hydrogen) atoms. The van der Waals surface area contributed by atoms with Crippen LogP contribution in [0.4, 0.5) is 10.2 Å². The van der Waals surface area contributed by atoms with Gasteiger partial charge in [0.05, 0.1) is 0 Å². The minimum atomic E-state index is -0.330. The number of rotatable bonds is 5. The molecule has 1 amide bonds. The van der Waals surface area contributed by atoms with Gasteiger partial charge in [0.1, 0.15) is 24.0 Å². The minimum Gasteiger partial charge on any atom is -0.353 e. The Morgan fingerprint density at radius 3 is 2.37 bits per heavy atom. The van der Waals surface area contributed by atoms with Gasteiger partial charge in [0.15, 0.2) is 0 Å². The fourth-order valence-electron chi connectivity index (χ4n) is 4.41. The predicted molar refractivity (Wildman–Crippen MR) is 115 cm³/mol. The Morgan fingerprint density at radius 1 is 1.00 bits per heavy atom. The van der Waals surface area contributed by atoms with E-state index in [2.05, 4.69) is 26.7 Å². The summed E-state index contributed by atoms with van der Waals surface area (Å²) in [6.45, 7) is 6.73. The van der Waals surface area contributed by atoms with Crippen LogP contribution in [0.3, 0.4) is 0 Å². The molecular formula is C23H30FN5O. The minimum absolute atomic E-state index is 0.125. The molecule has 0 bridgehead atoms. The molecule has 0 spiro atoms. The Hall–Kier alpha value is -2.54. The Balaban J connectivity index is 1.47. The standard InChI is InChI=1S/C23H30FN5O/c1-2-20-16-21(26-17-25-20)27-12-14-29(15-13-27)23(30)22(28-10-4-3-5-11-28)18-6-8-19(24)9-7-18/h6-9,16-17,22H,2-5,10-15H2,1H3. The highest BCUT2D eigenvalue weighted by atomic mass is 19.1. The van der Waals surface area contributed by atoms with E-state index in [-0.39, 0.29) is 17.8 Å². The zero-order valence-electron chi connectivity index (χ0n) is 17.6. The van der Waals surface area contributed by atoms with E-state index in [1.54, 1.807) is 18.5 Å². The first-order valence-corrected chi connectivity index (χ1v) is 11.0. The van der Waals surface area contributed by atoms with Crippen molar-refractivity contribution in [2.75, 3.05) is 44.2 Å². The average Bonchev–Trinajstić information content (AvgIpc) is 2.81. The zero-order chi connectivity index (χ0) is 20.9. The lowest BCUT2D eigenvalue weighted by Crippen LogP contribution is -2.53. The quantitative estimate of drug-likeness (QED) is 0.757. The number of benzene rings is 1. The Bertz CT molecular complexity index is 845. The van der Waals surface area contributed by atoms with E-state index in [1.165, 1.54) is 18.6 Å². The van der Waals surface area contributed by atoms with Crippen molar-refractivity contribution in [2.45, 2.75) is 38.6 Å². The van der Waals surface area contributed by atoms with Crippen molar-refractivity contribution in [3.8, 4) is 0 Å². The van der Waals surface area contributed by atoms with E-state index in [0.29, 0.717) is 13.1 Å². The van der Waals surface area contributed by atoms with Gasteiger partial charge in [-0.2, -0.15) is 0 Å². The largest absolute Gasteiger partial charge is 0.353 e. The molecule has 0 saturated carbocycles. The van der Waals surface area contributed by atoms with Gasteiger partial charge in [-0.05, 0) is 50.0 Å². The van der Waals surface area contributed by atoms with Crippen LogP contribution in [0.2, 0.25) is 0 Å². The molecule has 4 rings (SSSR count). The van der Waals surface area contributed by atoms with E-state index < -0.39 is 0 Å². The number of aromatic nitrogens is 2. The summed E-state index contributed by atoms with van der Waals surface area (Å²) < 4.78 is 13.5. The van der Waals surface area contributed by atoms with Crippen LogP contribution in [0, 0.1) is 5.82 Å². The number of amides is 1. The SMILES string of the molecule is CCc1cc(N2CCN(C(=O)C(c3ccc(F)cc3)N3CCCCC3)CC2)ncn1. The lowest BCUT2D eigenvalue weighted by molar-refractivity contribution is -0.138. The van der Waals surface area contributed by atoms with E-state index in [1.807, 2.05) is 11.0 Å². The van der Waals surface area contributed by atoms with Gasteiger partial charge in [0, 0.05) is 37.9 Å². The second kappa shape index (κ2) is 9.51. The summed E-state index contributed by atoms with van der Waals surface area (Å²) in [5, 5.41) is 0. The highest BCUT2D eigenvalue weighted by Gasteiger charge is 2.33. The van der Waals surface area contributed by atoms with Crippen molar-refractivity contribution in [3.05, 3.63) is 53.7 Å². The summed E-state index contributed by atoms with van der Waals surface area (Å²) in [4.78, 5) is 28.7. The number of aryl methyl sites for hydroxylation is 1. The first-order valence-electron chi connectivity index (χ1n) is 11.0. The lowest BCUT2D eigenvalue weighted by atomic mass is 10.00. The molecule has 1 aromatic heterocycles. The molecule has 0 radical (unpaired) electrons. The van der Waals surface area contributed by atoms with E-state index >= 15 is 0 Å². The van der Waals surface area contributed by atoms with Gasteiger partial charge in [0.2, 0.25) is 5.91 Å². The van der Waals surface area contributed by atoms with Crippen LogP contribution in [-0.2, 0) is 11.2 Å². The van der Waals surface area contributed by atoms with E-state index in [4.69, 9.17) is 0 Å².